The van der Waals surface area contributed by atoms with Crippen LogP contribution < -0.4 is 5.32 Å². The second-order valence-corrected chi connectivity index (χ2v) is 8.03. The minimum absolute atomic E-state index is 0.142. The van der Waals surface area contributed by atoms with Crippen LogP contribution in [0, 0.1) is 23.0 Å². The molecule has 1 heterocycles. The van der Waals surface area contributed by atoms with Crippen LogP contribution in [0.2, 0.25) is 0 Å². The highest BCUT2D eigenvalue weighted by Gasteiger charge is 2.20. The quantitative estimate of drug-likeness (QED) is 0.332. The molecule has 0 aliphatic carbocycles. The van der Waals surface area contributed by atoms with Crippen LogP contribution in [-0.2, 0) is 14.5 Å². The molecule has 1 aromatic heterocycles. The second kappa shape index (κ2) is 8.00. The molecule has 0 saturated carbocycles. The maximum atomic E-state index is 12.8. The Morgan fingerprint density at radius 1 is 1.17 bits per heavy atom. The fourth-order valence-electron chi connectivity index (χ4n) is 2.54. The molecule has 3 N–H and O–H groups in total. The molecule has 0 aliphatic heterocycles. The number of aromatic nitrogens is 1. The van der Waals surface area contributed by atoms with Gasteiger partial charge in [0.05, 0.1) is 21.6 Å². The van der Waals surface area contributed by atoms with Gasteiger partial charge in [0.1, 0.15) is 21.6 Å². The Hall–Kier alpha value is -3.90. The highest BCUT2D eigenvalue weighted by atomic mass is 32.2. The fourth-order valence-corrected chi connectivity index (χ4v) is 3.88. The molecule has 3 rings (SSSR count). The van der Waals surface area contributed by atoms with Gasteiger partial charge >= 0.3 is 0 Å². The highest BCUT2D eigenvalue weighted by Crippen LogP contribution is 2.24. The van der Waals surface area contributed by atoms with Gasteiger partial charge in [-0.25, -0.2) is 8.99 Å². The van der Waals surface area contributed by atoms with Gasteiger partial charge in [-0.1, -0.05) is 23.4 Å². The first-order chi connectivity index (χ1) is 13.8. The van der Waals surface area contributed by atoms with E-state index in [4.69, 9.17) is 9.30 Å². The van der Waals surface area contributed by atoms with Crippen molar-refractivity contribution in [2.75, 3.05) is 5.32 Å². The Balaban J connectivity index is 1.84. The summed E-state index contributed by atoms with van der Waals surface area (Å²) in [5.41, 5.74) is -0.0533. The third-order valence-corrected chi connectivity index (χ3v) is 5.97. The first-order valence-corrected chi connectivity index (χ1v) is 9.90. The lowest BCUT2D eigenvalue weighted by Gasteiger charge is -2.10. The van der Waals surface area contributed by atoms with E-state index in [1.807, 2.05) is 0 Å². The van der Waals surface area contributed by atoms with Gasteiger partial charge in [-0.2, -0.15) is 5.26 Å². The van der Waals surface area contributed by atoms with E-state index in [0.717, 1.165) is 0 Å². The molecule has 1 amide bonds. The minimum atomic E-state index is -3.18. The summed E-state index contributed by atoms with van der Waals surface area (Å²) >= 11 is 0. The lowest BCUT2D eigenvalue weighted by Crippen LogP contribution is -2.15. The zero-order chi connectivity index (χ0) is 21.0. The first kappa shape index (κ1) is 19.9. The molecule has 29 heavy (non-hydrogen) atoms. The fraction of sp³-hybridized carbons (Fsp3) is 0.0500. The number of hydrogen-bond donors (Lipinski definition) is 3. The third kappa shape index (κ3) is 4.02. The van der Waals surface area contributed by atoms with Gasteiger partial charge in [-0.05, 0) is 43.3 Å². The van der Waals surface area contributed by atoms with Crippen molar-refractivity contribution in [3.05, 3.63) is 77.7 Å². The Morgan fingerprint density at radius 2 is 1.79 bits per heavy atom. The Morgan fingerprint density at radius 3 is 2.34 bits per heavy atom. The molecule has 8 nitrogen and oxygen atoms in total. The lowest BCUT2D eigenvalue weighted by atomic mass is 10.1. The van der Waals surface area contributed by atoms with Crippen LogP contribution in [0.25, 0.3) is 5.76 Å². The normalized spacial score (nSPS) is 13.7. The molecule has 146 valence electrons. The summed E-state index contributed by atoms with van der Waals surface area (Å²) in [6, 6.07) is 16.0. The molecule has 0 radical (unpaired) electrons. The van der Waals surface area contributed by atoms with E-state index in [-0.39, 0.29) is 16.2 Å². The number of hydrogen-bond acceptors (Lipinski definition) is 7. The topological polar surface area (TPSA) is 140 Å². The number of aryl methyl sites for hydroxylation is 1. The number of amides is 1. The number of carbonyl (C=O) groups excluding carboxylic acids is 1. The van der Waals surface area contributed by atoms with Crippen molar-refractivity contribution < 1.29 is 18.6 Å². The molecule has 1 unspecified atom stereocenters. The summed E-state index contributed by atoms with van der Waals surface area (Å²) in [6.07, 6.45) is 1.21. The van der Waals surface area contributed by atoms with Crippen LogP contribution >= 0.6 is 0 Å². The van der Waals surface area contributed by atoms with E-state index < -0.39 is 27.0 Å². The minimum Gasteiger partial charge on any atom is -0.506 e. The highest BCUT2D eigenvalue weighted by molar-refractivity contribution is 7.92. The van der Waals surface area contributed by atoms with Crippen molar-refractivity contribution in [2.45, 2.75) is 16.7 Å². The second-order valence-electron chi connectivity index (χ2n) is 5.98. The molecular weight excluding hydrogens is 392 g/mol. The van der Waals surface area contributed by atoms with E-state index in [1.165, 1.54) is 37.4 Å². The summed E-state index contributed by atoms with van der Waals surface area (Å²) in [7, 11) is -3.18. The summed E-state index contributed by atoms with van der Waals surface area (Å²) in [4.78, 5) is 13.1. The molecule has 0 saturated heterocycles. The number of anilines is 1. The average molecular weight is 408 g/mol. The number of aliphatic hydroxyl groups is 1. The van der Waals surface area contributed by atoms with Gasteiger partial charge < -0.3 is 14.9 Å². The van der Waals surface area contributed by atoms with Crippen LogP contribution in [0.3, 0.4) is 0 Å². The van der Waals surface area contributed by atoms with E-state index in [2.05, 4.69) is 10.5 Å². The molecular formula is C20H16N4O4S. The summed E-state index contributed by atoms with van der Waals surface area (Å²) in [6.45, 7) is 1.54. The Labute approximate surface area is 167 Å². The van der Waals surface area contributed by atoms with Crippen LogP contribution in [0.15, 0.2) is 80.7 Å². The van der Waals surface area contributed by atoms with Crippen LogP contribution in [-0.4, -0.2) is 20.4 Å². The molecule has 0 spiro atoms. The molecule has 0 fully saturated rings. The molecule has 0 aliphatic rings. The van der Waals surface area contributed by atoms with Crippen molar-refractivity contribution in [3.8, 4) is 6.07 Å². The van der Waals surface area contributed by atoms with Crippen molar-refractivity contribution in [1.29, 1.82) is 10.0 Å². The maximum absolute atomic E-state index is 12.8. The van der Waals surface area contributed by atoms with E-state index in [0.29, 0.717) is 10.6 Å². The third-order valence-electron chi connectivity index (χ3n) is 4.10. The molecule has 1 atom stereocenters. The van der Waals surface area contributed by atoms with Crippen molar-refractivity contribution in [2.24, 2.45) is 0 Å². The number of carbonyl (C=O) groups is 1. The standard InChI is InChI=1S/C20H16N4O4S/c1-13-18(12-23-28-13)19(25)17(11-21)20(26)24-14-7-9-16(10-8-14)29(22,27)15-5-3-2-4-6-15/h2-10,12,22,25H,1H3,(H,24,26)/b19-17-. The zero-order valence-corrected chi connectivity index (χ0v) is 16.1. The van der Waals surface area contributed by atoms with E-state index >= 15 is 0 Å². The number of rotatable bonds is 5. The van der Waals surface area contributed by atoms with Gasteiger partial charge in [0.25, 0.3) is 5.91 Å². The monoisotopic (exact) mass is 408 g/mol. The first-order valence-electron chi connectivity index (χ1n) is 8.35. The largest absolute Gasteiger partial charge is 0.506 e. The van der Waals surface area contributed by atoms with Crippen LogP contribution in [0.4, 0.5) is 5.69 Å². The number of aliphatic hydroxyl groups excluding tert-OH is 1. The maximum Gasteiger partial charge on any atom is 0.270 e. The van der Waals surface area contributed by atoms with E-state index in [9.17, 15) is 19.4 Å². The molecule has 2 aromatic carbocycles. The Bertz CT molecular complexity index is 1220. The summed E-state index contributed by atoms with van der Waals surface area (Å²) in [5.74, 6) is -1.11. The van der Waals surface area contributed by atoms with Crippen LogP contribution in [0.5, 0.6) is 0 Å². The lowest BCUT2D eigenvalue weighted by molar-refractivity contribution is -0.112. The van der Waals surface area contributed by atoms with E-state index in [1.54, 1.807) is 36.4 Å². The predicted molar refractivity (Wildman–Crippen MR) is 105 cm³/mol. The zero-order valence-electron chi connectivity index (χ0n) is 15.2. The van der Waals surface area contributed by atoms with Gasteiger partial charge in [-0.15, -0.1) is 0 Å². The Kier molecular flexibility index (Phi) is 5.47. The predicted octanol–water partition coefficient (Wildman–Crippen LogP) is 3.88. The van der Waals surface area contributed by atoms with Crippen molar-refractivity contribution in [1.82, 2.24) is 5.16 Å². The number of nitriles is 1. The number of nitrogens with one attached hydrogen (secondary N) is 2. The number of benzene rings is 2. The summed E-state index contributed by atoms with van der Waals surface area (Å²) < 4.78 is 25.9. The van der Waals surface area contributed by atoms with Crippen molar-refractivity contribution >= 4 is 27.1 Å². The number of nitrogens with zero attached hydrogens (tertiary/aromatic N) is 2. The van der Waals surface area contributed by atoms with Crippen molar-refractivity contribution in [3.63, 3.8) is 0 Å². The molecule has 3 aromatic rings. The van der Waals surface area contributed by atoms with Gasteiger partial charge in [0, 0.05) is 5.69 Å². The molecule has 9 heteroatoms. The summed E-state index contributed by atoms with van der Waals surface area (Å²) in [5, 5.41) is 25.5. The average Bonchev–Trinajstić information content (AvgIpc) is 3.15. The molecule has 0 bridgehead atoms. The van der Waals surface area contributed by atoms with Gasteiger partial charge in [0.2, 0.25) is 0 Å². The SMILES string of the molecule is Cc1oncc1/C(O)=C(\C#N)C(=O)Nc1ccc(S(=N)(=O)c2ccccc2)cc1. The van der Waals surface area contributed by atoms with Gasteiger partial charge in [0.15, 0.2) is 11.3 Å². The van der Waals surface area contributed by atoms with Crippen LogP contribution in [0.1, 0.15) is 11.3 Å². The smallest absolute Gasteiger partial charge is 0.270 e. The van der Waals surface area contributed by atoms with Gasteiger partial charge in [-0.3, -0.25) is 4.79 Å².